The fraction of sp³-hybridized carbons (Fsp3) is 0.300. The number of carbonyl (C=O) groups excluding carboxylic acids is 1. The van der Waals surface area contributed by atoms with Crippen LogP contribution in [0.3, 0.4) is 0 Å². The maximum atomic E-state index is 13.6. The smallest absolute Gasteiger partial charge is 0.407 e. The summed E-state index contributed by atoms with van der Waals surface area (Å²) in [5.74, 6) is -3.60. The van der Waals surface area contributed by atoms with Crippen LogP contribution in [-0.2, 0) is 14.8 Å². The number of sulfonamides is 1. The number of nitrogens with two attached hydrogens (primary N) is 1. The van der Waals surface area contributed by atoms with E-state index in [1.807, 2.05) is 0 Å². The second kappa shape index (κ2) is 5.21. The molecule has 0 saturated carbocycles. The number of amides is 1. The number of halogens is 2. The zero-order chi connectivity index (χ0) is 14.9. The minimum Gasteiger partial charge on any atom is -0.486 e. The molecule has 1 unspecified atom stereocenters. The molecule has 1 aromatic rings. The minimum absolute atomic E-state index is 0.179. The van der Waals surface area contributed by atoms with Gasteiger partial charge in [-0.3, -0.25) is 0 Å². The van der Waals surface area contributed by atoms with E-state index in [0.29, 0.717) is 0 Å². The normalized spacial score (nSPS) is 18.6. The van der Waals surface area contributed by atoms with Crippen LogP contribution in [0, 0.1) is 11.6 Å². The molecule has 1 saturated heterocycles. The summed E-state index contributed by atoms with van der Waals surface area (Å²) >= 11 is 0. The van der Waals surface area contributed by atoms with E-state index in [-0.39, 0.29) is 13.2 Å². The van der Waals surface area contributed by atoms with Crippen molar-refractivity contribution in [1.82, 2.24) is 5.32 Å². The molecule has 10 heteroatoms. The van der Waals surface area contributed by atoms with Crippen molar-refractivity contribution < 1.29 is 31.5 Å². The van der Waals surface area contributed by atoms with Gasteiger partial charge in [-0.25, -0.2) is 22.7 Å². The molecular weight excluding hydrogens is 298 g/mol. The molecule has 7 nitrogen and oxygen atoms in total. The van der Waals surface area contributed by atoms with E-state index >= 15 is 0 Å². The SMILES string of the molecule is NS(=O)(=O)c1ccc(OCC2CNC(=O)O2)c(F)c1F. The predicted molar refractivity (Wildman–Crippen MR) is 61.5 cm³/mol. The third kappa shape index (κ3) is 2.96. The standard InChI is InChI=1S/C10H10F2N2O5S/c11-8-6(18-4-5-3-14-10(15)19-5)1-2-7(9(8)12)20(13,16)17/h1-2,5H,3-4H2,(H,14,15)(H2,13,16,17). The van der Waals surface area contributed by atoms with Gasteiger partial charge in [0.15, 0.2) is 17.7 Å². The molecule has 0 radical (unpaired) electrons. The van der Waals surface area contributed by atoms with Crippen LogP contribution in [0.5, 0.6) is 5.75 Å². The number of benzene rings is 1. The summed E-state index contributed by atoms with van der Waals surface area (Å²) in [6.07, 6.45) is -1.27. The van der Waals surface area contributed by atoms with Gasteiger partial charge in [0.05, 0.1) is 6.54 Å². The van der Waals surface area contributed by atoms with Gasteiger partial charge in [0, 0.05) is 0 Å². The molecular formula is C10H10F2N2O5S. The lowest BCUT2D eigenvalue weighted by atomic mass is 10.3. The highest BCUT2D eigenvalue weighted by atomic mass is 32.2. The van der Waals surface area contributed by atoms with Crippen LogP contribution in [0.25, 0.3) is 0 Å². The van der Waals surface area contributed by atoms with Gasteiger partial charge in [0.1, 0.15) is 11.5 Å². The predicted octanol–water partition coefficient (Wildman–Crippen LogP) is 0.0994. The topological polar surface area (TPSA) is 108 Å². The zero-order valence-corrected chi connectivity index (χ0v) is 10.7. The molecule has 1 aliphatic heterocycles. The number of ether oxygens (including phenoxy) is 2. The number of hydrogen-bond donors (Lipinski definition) is 2. The summed E-state index contributed by atoms with van der Waals surface area (Å²) in [4.78, 5) is 9.78. The number of rotatable bonds is 4. The summed E-state index contributed by atoms with van der Waals surface area (Å²) < 4.78 is 58.8. The largest absolute Gasteiger partial charge is 0.486 e. The van der Waals surface area contributed by atoms with Gasteiger partial charge < -0.3 is 14.8 Å². The van der Waals surface area contributed by atoms with E-state index in [0.717, 1.165) is 12.1 Å². The lowest BCUT2D eigenvalue weighted by Gasteiger charge is -2.12. The highest BCUT2D eigenvalue weighted by molar-refractivity contribution is 7.89. The van der Waals surface area contributed by atoms with Crippen LogP contribution in [0.1, 0.15) is 0 Å². The van der Waals surface area contributed by atoms with Crippen LogP contribution in [0.4, 0.5) is 13.6 Å². The van der Waals surface area contributed by atoms with Crippen molar-refractivity contribution in [3.05, 3.63) is 23.8 Å². The molecule has 1 amide bonds. The third-order valence-electron chi connectivity index (χ3n) is 2.49. The molecule has 0 bridgehead atoms. The van der Waals surface area contributed by atoms with E-state index in [1.165, 1.54) is 0 Å². The first-order valence-electron chi connectivity index (χ1n) is 5.37. The molecule has 3 N–H and O–H groups in total. The Labute approximate surface area is 112 Å². The first-order valence-corrected chi connectivity index (χ1v) is 6.91. The van der Waals surface area contributed by atoms with Crippen molar-refractivity contribution in [1.29, 1.82) is 0 Å². The maximum absolute atomic E-state index is 13.6. The van der Waals surface area contributed by atoms with Crippen molar-refractivity contribution in [2.24, 2.45) is 5.14 Å². The van der Waals surface area contributed by atoms with Crippen molar-refractivity contribution in [2.75, 3.05) is 13.2 Å². The van der Waals surface area contributed by atoms with Gasteiger partial charge in [0.2, 0.25) is 15.8 Å². The van der Waals surface area contributed by atoms with Gasteiger partial charge in [-0.15, -0.1) is 0 Å². The summed E-state index contributed by atoms with van der Waals surface area (Å²) in [6.45, 7) is -0.0258. The Bertz CT molecular complexity index is 649. The maximum Gasteiger partial charge on any atom is 0.407 e. The molecule has 20 heavy (non-hydrogen) atoms. The second-order valence-corrected chi connectivity index (χ2v) is 5.48. The number of cyclic esters (lactones) is 1. The van der Waals surface area contributed by atoms with Gasteiger partial charge in [-0.2, -0.15) is 4.39 Å². The van der Waals surface area contributed by atoms with Gasteiger partial charge >= 0.3 is 6.09 Å². The minimum atomic E-state index is -4.36. The summed E-state index contributed by atoms with van der Waals surface area (Å²) in [7, 11) is -4.36. The number of carbonyl (C=O) groups is 1. The number of nitrogens with one attached hydrogen (secondary N) is 1. The molecule has 1 aliphatic rings. The van der Waals surface area contributed by atoms with E-state index in [4.69, 9.17) is 14.6 Å². The van der Waals surface area contributed by atoms with Crippen LogP contribution in [0.15, 0.2) is 17.0 Å². The highest BCUT2D eigenvalue weighted by Gasteiger charge is 2.25. The Hall–Kier alpha value is -1.94. The molecule has 2 rings (SSSR count). The summed E-state index contributed by atoms with van der Waals surface area (Å²) in [6, 6.07) is 1.73. The number of hydrogen-bond acceptors (Lipinski definition) is 5. The zero-order valence-electron chi connectivity index (χ0n) is 9.93. The molecule has 0 spiro atoms. The van der Waals surface area contributed by atoms with E-state index in [2.05, 4.69) is 5.32 Å². The molecule has 1 aromatic carbocycles. The van der Waals surface area contributed by atoms with Gasteiger partial charge in [0.25, 0.3) is 0 Å². The Morgan fingerprint density at radius 2 is 2.10 bits per heavy atom. The van der Waals surface area contributed by atoms with E-state index in [9.17, 15) is 22.0 Å². The van der Waals surface area contributed by atoms with Crippen LogP contribution in [-0.4, -0.2) is 33.8 Å². The Morgan fingerprint density at radius 3 is 2.65 bits per heavy atom. The van der Waals surface area contributed by atoms with Crippen molar-refractivity contribution in [2.45, 2.75) is 11.0 Å². The monoisotopic (exact) mass is 308 g/mol. The van der Waals surface area contributed by atoms with Crippen molar-refractivity contribution in [3.8, 4) is 5.75 Å². The quantitative estimate of drug-likeness (QED) is 0.820. The Balaban J connectivity index is 2.14. The lowest BCUT2D eigenvalue weighted by Crippen LogP contribution is -2.22. The molecule has 1 heterocycles. The lowest BCUT2D eigenvalue weighted by molar-refractivity contribution is 0.103. The first-order chi connectivity index (χ1) is 9.29. The average molecular weight is 308 g/mol. The van der Waals surface area contributed by atoms with Crippen LogP contribution >= 0.6 is 0 Å². The molecule has 110 valence electrons. The van der Waals surface area contributed by atoms with Crippen LogP contribution in [0.2, 0.25) is 0 Å². The van der Waals surface area contributed by atoms with Crippen molar-refractivity contribution in [3.63, 3.8) is 0 Å². The second-order valence-electron chi connectivity index (χ2n) is 3.95. The fourth-order valence-corrected chi connectivity index (χ4v) is 2.15. The van der Waals surface area contributed by atoms with Crippen molar-refractivity contribution >= 4 is 16.1 Å². The van der Waals surface area contributed by atoms with Gasteiger partial charge in [-0.1, -0.05) is 0 Å². The molecule has 1 fully saturated rings. The van der Waals surface area contributed by atoms with Crippen LogP contribution < -0.4 is 15.2 Å². The summed E-state index contributed by atoms with van der Waals surface area (Å²) in [5, 5.41) is 7.08. The van der Waals surface area contributed by atoms with E-state index < -0.39 is 44.5 Å². The Kier molecular flexibility index (Phi) is 3.77. The van der Waals surface area contributed by atoms with Gasteiger partial charge in [-0.05, 0) is 12.1 Å². The van der Waals surface area contributed by atoms with E-state index in [1.54, 1.807) is 0 Å². The fourth-order valence-electron chi connectivity index (χ4n) is 1.55. The highest BCUT2D eigenvalue weighted by Crippen LogP contribution is 2.25. The average Bonchev–Trinajstić information content (AvgIpc) is 2.75. The molecule has 1 atom stereocenters. The molecule has 0 aromatic heterocycles. The summed E-state index contributed by atoms with van der Waals surface area (Å²) in [5.41, 5.74) is 0. The number of primary sulfonamides is 1. The third-order valence-corrected chi connectivity index (χ3v) is 3.42. The number of alkyl carbamates (subject to hydrolysis) is 1. The molecule has 0 aliphatic carbocycles. The first kappa shape index (κ1) is 14.5. The Morgan fingerprint density at radius 1 is 1.40 bits per heavy atom.